The molecule has 2 aliphatic heterocycles. The van der Waals surface area contributed by atoms with E-state index in [1.807, 2.05) is 17.9 Å². The highest BCUT2D eigenvalue weighted by molar-refractivity contribution is 5.85. The molecule has 6 nitrogen and oxygen atoms in total. The van der Waals surface area contributed by atoms with Crippen molar-refractivity contribution in [2.24, 2.45) is 13.0 Å². The molecule has 2 saturated heterocycles. The lowest BCUT2D eigenvalue weighted by atomic mass is 9.89. The van der Waals surface area contributed by atoms with Gasteiger partial charge in [0.25, 0.3) is 0 Å². The van der Waals surface area contributed by atoms with E-state index in [0.29, 0.717) is 5.91 Å². The summed E-state index contributed by atoms with van der Waals surface area (Å²) in [5.41, 5.74) is 1.19. The first-order chi connectivity index (χ1) is 12.2. The van der Waals surface area contributed by atoms with Gasteiger partial charge in [0, 0.05) is 64.5 Å². The summed E-state index contributed by atoms with van der Waals surface area (Å²) in [4.78, 5) is 18.0. The normalized spacial score (nSPS) is 27.1. The van der Waals surface area contributed by atoms with Crippen LogP contribution in [0.25, 0.3) is 0 Å². The van der Waals surface area contributed by atoms with E-state index < -0.39 is 0 Å². The molecule has 2 atom stereocenters. The van der Waals surface area contributed by atoms with Crippen LogP contribution in [0, 0.1) is 5.92 Å². The third-order valence-electron chi connectivity index (χ3n) is 6.37. The highest BCUT2D eigenvalue weighted by atomic mass is 35.5. The fourth-order valence-corrected chi connectivity index (χ4v) is 4.95. The van der Waals surface area contributed by atoms with Crippen LogP contribution in [0.4, 0.5) is 0 Å². The maximum absolute atomic E-state index is 13.2. The standard InChI is InChI=1S/C19H31N5O.2ClH/c1-22-14-15(11-21-22)17-12-20-13-18(17)19(25)24-8-4-7-23(9-10-24)16-5-2-3-6-16;;/h11,14,16-18,20H,2-10,12-13H2,1H3;2*1H/t17-,18+;;/m1../s1. The number of aryl methyl sites for hydroxylation is 1. The molecule has 3 fully saturated rings. The smallest absolute Gasteiger partial charge is 0.227 e. The summed E-state index contributed by atoms with van der Waals surface area (Å²) in [5, 5.41) is 7.72. The van der Waals surface area contributed by atoms with Gasteiger partial charge in [0.05, 0.1) is 12.1 Å². The second kappa shape index (κ2) is 10.1. The molecule has 1 saturated carbocycles. The second-order valence-electron chi connectivity index (χ2n) is 7.97. The maximum atomic E-state index is 13.2. The van der Waals surface area contributed by atoms with Crippen LogP contribution in [0.1, 0.15) is 43.6 Å². The van der Waals surface area contributed by atoms with Crippen LogP contribution < -0.4 is 5.32 Å². The Morgan fingerprint density at radius 3 is 2.56 bits per heavy atom. The van der Waals surface area contributed by atoms with Crippen LogP contribution >= 0.6 is 24.8 Å². The zero-order valence-corrected chi connectivity index (χ0v) is 17.8. The molecule has 3 aliphatic rings. The Balaban J connectivity index is 0.00000131. The first kappa shape index (κ1) is 22.5. The van der Waals surface area contributed by atoms with Crippen LogP contribution in [-0.4, -0.2) is 70.8 Å². The summed E-state index contributed by atoms with van der Waals surface area (Å²) in [5.74, 6) is 0.657. The molecule has 1 aromatic heterocycles. The summed E-state index contributed by atoms with van der Waals surface area (Å²) < 4.78 is 1.83. The zero-order chi connectivity index (χ0) is 17.2. The number of aromatic nitrogens is 2. The van der Waals surface area contributed by atoms with Crippen molar-refractivity contribution in [2.75, 3.05) is 39.3 Å². The SMILES string of the molecule is Cl.Cl.Cn1cc([C@H]2CNC[C@@H]2C(=O)N2CCCN(C3CCCC3)CC2)cn1. The largest absolute Gasteiger partial charge is 0.341 e. The Kier molecular flexibility index (Phi) is 8.40. The van der Waals surface area contributed by atoms with Gasteiger partial charge in [-0.25, -0.2) is 0 Å². The van der Waals surface area contributed by atoms with Crippen molar-refractivity contribution in [3.8, 4) is 0 Å². The van der Waals surface area contributed by atoms with Crippen molar-refractivity contribution in [3.05, 3.63) is 18.0 Å². The molecule has 0 aromatic carbocycles. The summed E-state index contributed by atoms with van der Waals surface area (Å²) in [6.07, 6.45) is 10.5. The number of hydrogen-bond donors (Lipinski definition) is 1. The van der Waals surface area contributed by atoms with E-state index >= 15 is 0 Å². The van der Waals surface area contributed by atoms with Gasteiger partial charge in [0.2, 0.25) is 5.91 Å². The molecule has 0 unspecified atom stereocenters. The van der Waals surface area contributed by atoms with Crippen LogP contribution in [0.3, 0.4) is 0 Å². The zero-order valence-electron chi connectivity index (χ0n) is 16.2. The lowest BCUT2D eigenvalue weighted by molar-refractivity contribution is -0.135. The van der Waals surface area contributed by atoms with Crippen LogP contribution in [0.15, 0.2) is 12.4 Å². The first-order valence-electron chi connectivity index (χ1n) is 9.94. The van der Waals surface area contributed by atoms with Crippen molar-refractivity contribution in [3.63, 3.8) is 0 Å². The van der Waals surface area contributed by atoms with E-state index in [2.05, 4.69) is 26.4 Å². The van der Waals surface area contributed by atoms with E-state index in [1.54, 1.807) is 0 Å². The number of nitrogens with one attached hydrogen (secondary N) is 1. The van der Waals surface area contributed by atoms with Gasteiger partial charge in [-0.2, -0.15) is 5.10 Å². The average molecular weight is 418 g/mol. The van der Waals surface area contributed by atoms with Gasteiger partial charge in [0.1, 0.15) is 0 Å². The monoisotopic (exact) mass is 417 g/mol. The van der Waals surface area contributed by atoms with E-state index in [-0.39, 0.29) is 36.6 Å². The number of rotatable bonds is 3. The Hall–Kier alpha value is -0.820. The Morgan fingerprint density at radius 1 is 1.07 bits per heavy atom. The highest BCUT2D eigenvalue weighted by Gasteiger charge is 2.37. The van der Waals surface area contributed by atoms with Gasteiger partial charge in [0.15, 0.2) is 0 Å². The summed E-state index contributed by atoms with van der Waals surface area (Å²) in [7, 11) is 1.94. The van der Waals surface area contributed by atoms with E-state index in [4.69, 9.17) is 0 Å². The van der Waals surface area contributed by atoms with Crippen LogP contribution in [-0.2, 0) is 11.8 Å². The first-order valence-corrected chi connectivity index (χ1v) is 9.94. The van der Waals surface area contributed by atoms with Crippen molar-refractivity contribution < 1.29 is 4.79 Å². The fraction of sp³-hybridized carbons (Fsp3) is 0.789. The third kappa shape index (κ3) is 4.97. The molecule has 0 radical (unpaired) electrons. The number of amides is 1. The molecule has 4 rings (SSSR count). The minimum Gasteiger partial charge on any atom is -0.341 e. The van der Waals surface area contributed by atoms with Gasteiger partial charge < -0.3 is 10.2 Å². The Labute approximate surface area is 174 Å². The molecular weight excluding hydrogens is 385 g/mol. The number of carbonyl (C=O) groups is 1. The molecule has 0 bridgehead atoms. The van der Waals surface area contributed by atoms with E-state index in [0.717, 1.165) is 51.7 Å². The summed E-state index contributed by atoms with van der Waals surface area (Å²) in [6.45, 7) is 5.69. The molecule has 0 spiro atoms. The fourth-order valence-electron chi connectivity index (χ4n) is 4.95. The molecule has 8 heteroatoms. The van der Waals surface area contributed by atoms with E-state index in [9.17, 15) is 4.79 Å². The Bertz CT molecular complexity index is 605. The molecule has 1 aliphatic carbocycles. The number of carbonyl (C=O) groups excluding carboxylic acids is 1. The van der Waals surface area contributed by atoms with Gasteiger partial charge in [-0.15, -0.1) is 24.8 Å². The molecule has 1 amide bonds. The molecule has 1 N–H and O–H groups in total. The predicted molar refractivity (Wildman–Crippen MR) is 112 cm³/mol. The highest BCUT2D eigenvalue weighted by Crippen LogP contribution is 2.30. The number of nitrogens with zero attached hydrogens (tertiary/aromatic N) is 4. The van der Waals surface area contributed by atoms with Crippen molar-refractivity contribution in [1.82, 2.24) is 24.9 Å². The predicted octanol–water partition coefficient (Wildman–Crippen LogP) is 2.04. The lowest BCUT2D eigenvalue weighted by Gasteiger charge is -2.28. The van der Waals surface area contributed by atoms with Crippen molar-refractivity contribution in [2.45, 2.75) is 44.1 Å². The molecule has 1 aromatic rings. The third-order valence-corrected chi connectivity index (χ3v) is 6.37. The molecule has 3 heterocycles. The van der Waals surface area contributed by atoms with Gasteiger partial charge >= 0.3 is 0 Å². The Morgan fingerprint density at radius 2 is 1.85 bits per heavy atom. The van der Waals surface area contributed by atoms with Crippen molar-refractivity contribution in [1.29, 1.82) is 0 Å². The van der Waals surface area contributed by atoms with Gasteiger partial charge in [-0.1, -0.05) is 12.8 Å². The molecule has 154 valence electrons. The second-order valence-corrected chi connectivity index (χ2v) is 7.97. The van der Waals surface area contributed by atoms with Gasteiger partial charge in [-0.3, -0.25) is 14.4 Å². The quantitative estimate of drug-likeness (QED) is 0.817. The molecule has 27 heavy (non-hydrogen) atoms. The topological polar surface area (TPSA) is 53.4 Å². The maximum Gasteiger partial charge on any atom is 0.227 e. The minimum absolute atomic E-state index is 0. The number of halogens is 2. The lowest BCUT2D eigenvalue weighted by Crippen LogP contribution is -2.42. The van der Waals surface area contributed by atoms with Crippen LogP contribution in [0.5, 0.6) is 0 Å². The van der Waals surface area contributed by atoms with Crippen LogP contribution in [0.2, 0.25) is 0 Å². The summed E-state index contributed by atoms with van der Waals surface area (Å²) in [6, 6.07) is 0.770. The average Bonchev–Trinajstić information content (AvgIpc) is 3.33. The van der Waals surface area contributed by atoms with Gasteiger partial charge in [-0.05, 0) is 24.8 Å². The van der Waals surface area contributed by atoms with Crippen molar-refractivity contribution >= 4 is 30.7 Å². The summed E-state index contributed by atoms with van der Waals surface area (Å²) >= 11 is 0. The minimum atomic E-state index is 0. The van der Waals surface area contributed by atoms with E-state index in [1.165, 1.54) is 31.2 Å². The molecular formula is C19H33Cl2N5O. The number of hydrogen-bond acceptors (Lipinski definition) is 4.